The summed E-state index contributed by atoms with van der Waals surface area (Å²) in [7, 11) is 1.57. The van der Waals surface area contributed by atoms with Crippen molar-refractivity contribution in [1.29, 1.82) is 0 Å². The third-order valence-electron chi connectivity index (χ3n) is 6.41. The van der Waals surface area contributed by atoms with E-state index in [1.54, 1.807) is 61.7 Å². The molecule has 37 heavy (non-hydrogen) atoms. The molecule has 0 aliphatic carbocycles. The number of hydrogen-bond acceptors (Lipinski definition) is 5. The molecule has 0 spiro atoms. The lowest BCUT2D eigenvalue weighted by atomic mass is 9.93. The molecular weight excluding hydrogens is 466 g/mol. The number of nitrogens with zero attached hydrogens (tertiary/aromatic N) is 1. The monoisotopic (exact) mass is 493 g/mol. The lowest BCUT2D eigenvalue weighted by Crippen LogP contribution is -2.29. The Bertz CT molecular complexity index is 1500. The molecule has 1 fully saturated rings. The minimum atomic E-state index is -0.832. The zero-order valence-electron chi connectivity index (χ0n) is 20.8. The number of hydrogen-bond donors (Lipinski definition) is 1. The van der Waals surface area contributed by atoms with Crippen molar-refractivity contribution >= 4 is 33.9 Å². The third-order valence-corrected chi connectivity index (χ3v) is 6.41. The van der Waals surface area contributed by atoms with E-state index in [4.69, 9.17) is 9.47 Å². The van der Waals surface area contributed by atoms with Gasteiger partial charge in [0.05, 0.1) is 24.8 Å². The second-order valence-corrected chi connectivity index (χ2v) is 9.13. The van der Waals surface area contributed by atoms with Crippen LogP contribution in [0.4, 0.5) is 5.69 Å². The van der Waals surface area contributed by atoms with Gasteiger partial charge in [0.1, 0.15) is 17.3 Å². The van der Waals surface area contributed by atoms with Gasteiger partial charge >= 0.3 is 0 Å². The molecule has 1 saturated heterocycles. The van der Waals surface area contributed by atoms with Crippen molar-refractivity contribution in [3.05, 3.63) is 108 Å². The predicted octanol–water partition coefficient (Wildman–Crippen LogP) is 6.26. The molecule has 1 amide bonds. The van der Waals surface area contributed by atoms with Crippen LogP contribution in [-0.4, -0.2) is 30.0 Å². The van der Waals surface area contributed by atoms with Gasteiger partial charge in [-0.1, -0.05) is 54.6 Å². The number of ketones is 1. The number of aliphatic hydroxyl groups is 1. The van der Waals surface area contributed by atoms with Gasteiger partial charge in [0, 0.05) is 11.3 Å². The average molecular weight is 494 g/mol. The molecule has 0 radical (unpaired) electrons. The number of aliphatic hydroxyl groups excluding tert-OH is 1. The molecule has 1 heterocycles. The molecule has 0 bridgehead atoms. The maximum atomic E-state index is 13.5. The highest BCUT2D eigenvalue weighted by atomic mass is 16.5. The molecule has 186 valence electrons. The van der Waals surface area contributed by atoms with Crippen LogP contribution in [-0.2, 0) is 9.59 Å². The summed E-state index contributed by atoms with van der Waals surface area (Å²) in [5.74, 6) is -0.357. The number of Topliss-reactive ketones (excluding diaryl/α,β-unsaturated/α-hetero) is 1. The predicted molar refractivity (Wildman–Crippen MR) is 144 cm³/mol. The number of rotatable bonds is 6. The number of anilines is 1. The van der Waals surface area contributed by atoms with Gasteiger partial charge in [-0.25, -0.2) is 0 Å². The number of methoxy groups -OCH3 is 1. The number of amides is 1. The van der Waals surface area contributed by atoms with Crippen molar-refractivity contribution in [3.63, 3.8) is 0 Å². The van der Waals surface area contributed by atoms with Gasteiger partial charge in [-0.05, 0) is 66.6 Å². The van der Waals surface area contributed by atoms with Gasteiger partial charge in [-0.15, -0.1) is 0 Å². The van der Waals surface area contributed by atoms with Crippen LogP contribution in [0.5, 0.6) is 11.5 Å². The van der Waals surface area contributed by atoms with Gasteiger partial charge < -0.3 is 14.6 Å². The highest BCUT2D eigenvalue weighted by Gasteiger charge is 2.47. The van der Waals surface area contributed by atoms with Crippen molar-refractivity contribution in [2.75, 3.05) is 12.0 Å². The van der Waals surface area contributed by atoms with Crippen molar-refractivity contribution in [1.82, 2.24) is 0 Å². The molecule has 6 heteroatoms. The minimum absolute atomic E-state index is 0.0000670. The molecule has 1 atom stereocenters. The van der Waals surface area contributed by atoms with Crippen LogP contribution in [0.1, 0.15) is 31.0 Å². The highest BCUT2D eigenvalue weighted by Crippen LogP contribution is 2.43. The number of benzene rings is 4. The molecule has 1 aliphatic rings. The summed E-state index contributed by atoms with van der Waals surface area (Å²) in [6.07, 6.45) is 0.0000670. The normalized spacial score (nSPS) is 17.0. The van der Waals surface area contributed by atoms with E-state index in [1.807, 2.05) is 50.2 Å². The van der Waals surface area contributed by atoms with Crippen LogP contribution in [0, 0.1) is 0 Å². The van der Waals surface area contributed by atoms with Gasteiger partial charge in [0.25, 0.3) is 11.7 Å². The molecule has 5 rings (SSSR count). The fraction of sp³-hybridized carbons (Fsp3) is 0.161. The summed E-state index contributed by atoms with van der Waals surface area (Å²) in [4.78, 5) is 28.4. The van der Waals surface area contributed by atoms with Crippen molar-refractivity contribution < 1.29 is 24.2 Å². The standard InChI is InChI=1S/C31H27NO5/c1-19(2)37-24-17-13-22(14-18-24)32-28(21-11-15-23(36-3)16-12-21)27(30(34)31(32)35)29(33)26-10-6-8-20-7-4-5-9-25(20)26/h4-19,28,33H,1-3H3/b29-27-. The van der Waals surface area contributed by atoms with E-state index in [0.29, 0.717) is 28.3 Å². The van der Waals surface area contributed by atoms with Crippen molar-refractivity contribution in [3.8, 4) is 11.5 Å². The lowest BCUT2D eigenvalue weighted by Gasteiger charge is -2.26. The van der Waals surface area contributed by atoms with Crippen LogP contribution in [0.25, 0.3) is 16.5 Å². The first-order valence-corrected chi connectivity index (χ1v) is 12.1. The molecule has 4 aromatic rings. The first-order chi connectivity index (χ1) is 17.9. The van der Waals surface area contributed by atoms with Gasteiger partial charge in [0.15, 0.2) is 0 Å². The molecule has 1 unspecified atom stereocenters. The van der Waals surface area contributed by atoms with Crippen LogP contribution in [0.2, 0.25) is 0 Å². The molecule has 1 N–H and O–H groups in total. The Morgan fingerprint density at radius 1 is 0.838 bits per heavy atom. The summed E-state index contributed by atoms with van der Waals surface area (Å²) in [5.41, 5.74) is 1.73. The Balaban J connectivity index is 1.69. The highest BCUT2D eigenvalue weighted by molar-refractivity contribution is 6.51. The van der Waals surface area contributed by atoms with E-state index in [1.165, 1.54) is 4.90 Å². The van der Waals surface area contributed by atoms with E-state index in [2.05, 4.69) is 0 Å². The fourth-order valence-corrected chi connectivity index (χ4v) is 4.73. The summed E-state index contributed by atoms with van der Waals surface area (Å²) in [5, 5.41) is 13.3. The van der Waals surface area contributed by atoms with Crippen LogP contribution < -0.4 is 14.4 Å². The second-order valence-electron chi connectivity index (χ2n) is 9.13. The summed E-state index contributed by atoms with van der Waals surface area (Å²) < 4.78 is 11.0. The SMILES string of the molecule is COc1ccc(C2/C(=C(/O)c3cccc4ccccc34)C(=O)C(=O)N2c2ccc(OC(C)C)cc2)cc1. The Labute approximate surface area is 215 Å². The van der Waals surface area contributed by atoms with Crippen molar-refractivity contribution in [2.24, 2.45) is 0 Å². The van der Waals surface area contributed by atoms with E-state index >= 15 is 0 Å². The number of fused-ring (bicyclic) bond motifs is 1. The zero-order chi connectivity index (χ0) is 26.1. The number of carbonyl (C=O) groups excluding carboxylic acids is 2. The molecular formula is C31H27NO5. The summed E-state index contributed by atoms with van der Waals surface area (Å²) in [6.45, 7) is 3.87. The zero-order valence-corrected chi connectivity index (χ0v) is 20.8. The van der Waals surface area contributed by atoms with E-state index in [9.17, 15) is 14.7 Å². The Hall–Kier alpha value is -4.58. The second kappa shape index (κ2) is 9.82. The number of carbonyl (C=O) groups is 2. The van der Waals surface area contributed by atoms with Crippen LogP contribution in [0.15, 0.2) is 96.6 Å². The first-order valence-electron chi connectivity index (χ1n) is 12.1. The summed E-state index contributed by atoms with van der Waals surface area (Å²) >= 11 is 0. The topological polar surface area (TPSA) is 76.1 Å². The van der Waals surface area contributed by atoms with E-state index in [0.717, 1.165) is 10.8 Å². The van der Waals surface area contributed by atoms with E-state index in [-0.39, 0.29) is 17.4 Å². The maximum absolute atomic E-state index is 13.5. The van der Waals surface area contributed by atoms with Gasteiger partial charge in [-0.3, -0.25) is 14.5 Å². The lowest BCUT2D eigenvalue weighted by molar-refractivity contribution is -0.132. The largest absolute Gasteiger partial charge is 0.507 e. The molecule has 0 aromatic heterocycles. The Kier molecular flexibility index (Phi) is 6.40. The minimum Gasteiger partial charge on any atom is -0.507 e. The smallest absolute Gasteiger partial charge is 0.300 e. The summed E-state index contributed by atoms with van der Waals surface area (Å²) in [6, 6.07) is 26.5. The van der Waals surface area contributed by atoms with Gasteiger partial charge in [-0.2, -0.15) is 0 Å². The molecule has 0 saturated carbocycles. The average Bonchev–Trinajstić information content (AvgIpc) is 3.18. The molecule has 4 aromatic carbocycles. The fourth-order valence-electron chi connectivity index (χ4n) is 4.73. The third kappa shape index (κ3) is 4.42. The first kappa shape index (κ1) is 24.1. The molecule has 6 nitrogen and oxygen atoms in total. The number of ether oxygens (including phenoxy) is 2. The van der Waals surface area contributed by atoms with Crippen LogP contribution >= 0.6 is 0 Å². The quantitative estimate of drug-likeness (QED) is 0.195. The maximum Gasteiger partial charge on any atom is 0.300 e. The Morgan fingerprint density at radius 3 is 2.16 bits per heavy atom. The van der Waals surface area contributed by atoms with Gasteiger partial charge in [0.2, 0.25) is 0 Å². The molecule has 1 aliphatic heterocycles. The van der Waals surface area contributed by atoms with Crippen molar-refractivity contribution in [2.45, 2.75) is 26.0 Å². The van der Waals surface area contributed by atoms with E-state index < -0.39 is 17.7 Å². The Morgan fingerprint density at radius 2 is 1.49 bits per heavy atom. The van der Waals surface area contributed by atoms with Crippen LogP contribution in [0.3, 0.4) is 0 Å².